The molecule has 5 nitrogen and oxygen atoms in total. The summed E-state index contributed by atoms with van der Waals surface area (Å²) >= 11 is 1.23. The van der Waals surface area contributed by atoms with Crippen molar-refractivity contribution in [1.29, 1.82) is 0 Å². The minimum atomic E-state index is -0.202. The van der Waals surface area contributed by atoms with Gasteiger partial charge in [-0.05, 0) is 30.2 Å². The summed E-state index contributed by atoms with van der Waals surface area (Å²) in [5.74, 6) is 0.219. The maximum atomic E-state index is 13.0. The van der Waals surface area contributed by atoms with E-state index in [1.54, 1.807) is 4.90 Å². The molecule has 1 aromatic heterocycles. The fourth-order valence-corrected chi connectivity index (χ4v) is 3.34. The molecule has 0 aliphatic rings. The molecule has 6 heteroatoms. The maximum Gasteiger partial charge on any atom is 0.251 e. The molecule has 0 fully saturated rings. The molecule has 3 aromatic rings. The van der Waals surface area contributed by atoms with Gasteiger partial charge in [-0.2, -0.15) is 0 Å². The number of aromatic nitrogens is 2. The van der Waals surface area contributed by atoms with Gasteiger partial charge >= 0.3 is 0 Å². The van der Waals surface area contributed by atoms with Gasteiger partial charge in [-0.15, -0.1) is 0 Å². The van der Waals surface area contributed by atoms with Crippen molar-refractivity contribution in [3.63, 3.8) is 0 Å². The summed E-state index contributed by atoms with van der Waals surface area (Å²) in [5.41, 5.74) is 2.11. The van der Waals surface area contributed by atoms with Crippen molar-refractivity contribution in [1.82, 2.24) is 9.97 Å². The third-order valence-electron chi connectivity index (χ3n) is 3.94. The van der Waals surface area contributed by atoms with Gasteiger partial charge in [0.1, 0.15) is 0 Å². The van der Waals surface area contributed by atoms with Crippen LogP contribution in [-0.4, -0.2) is 21.6 Å². The summed E-state index contributed by atoms with van der Waals surface area (Å²) in [5, 5.41) is 0.459. The van der Waals surface area contributed by atoms with Crippen LogP contribution in [0, 0.1) is 0 Å². The molecule has 0 radical (unpaired) electrons. The van der Waals surface area contributed by atoms with Crippen LogP contribution >= 0.6 is 11.8 Å². The minimum absolute atomic E-state index is 0.0880. The molecule has 27 heavy (non-hydrogen) atoms. The number of benzene rings is 2. The Hall–Kier alpha value is -2.86. The molecule has 3 rings (SSSR count). The number of aromatic amines is 1. The highest BCUT2D eigenvalue weighted by Crippen LogP contribution is 2.26. The molecule has 1 N–H and O–H groups in total. The molecule has 0 aliphatic heterocycles. The molecule has 0 spiro atoms. The minimum Gasteiger partial charge on any atom is -0.301 e. The van der Waals surface area contributed by atoms with Crippen molar-refractivity contribution in [2.45, 2.75) is 24.9 Å². The van der Waals surface area contributed by atoms with Gasteiger partial charge in [0.25, 0.3) is 5.56 Å². The SMILES string of the molecule is CC(C)c1cc(=O)[nH]c(SCC(=O)N(c2ccccc2)c2ccccc2)n1. The second kappa shape index (κ2) is 8.68. The topological polar surface area (TPSA) is 66.1 Å². The van der Waals surface area contributed by atoms with Crippen molar-refractivity contribution in [2.24, 2.45) is 0 Å². The summed E-state index contributed by atoms with van der Waals surface area (Å²) < 4.78 is 0. The van der Waals surface area contributed by atoms with Gasteiger partial charge in [-0.1, -0.05) is 62.0 Å². The Bertz CT molecular complexity index is 916. The Balaban J connectivity index is 1.83. The summed E-state index contributed by atoms with van der Waals surface area (Å²) in [4.78, 5) is 33.7. The van der Waals surface area contributed by atoms with Crippen molar-refractivity contribution in [3.05, 3.63) is 82.8 Å². The number of nitrogens with one attached hydrogen (secondary N) is 1. The molecule has 0 saturated heterocycles. The number of thioether (sulfide) groups is 1. The lowest BCUT2D eigenvalue weighted by Crippen LogP contribution is -2.27. The zero-order valence-corrected chi connectivity index (χ0v) is 16.1. The quantitative estimate of drug-likeness (QED) is 0.511. The average molecular weight is 379 g/mol. The fourth-order valence-electron chi connectivity index (χ4n) is 2.60. The number of carbonyl (C=O) groups excluding carboxylic acids is 1. The third-order valence-corrected chi connectivity index (χ3v) is 4.80. The van der Waals surface area contributed by atoms with E-state index in [4.69, 9.17) is 0 Å². The smallest absolute Gasteiger partial charge is 0.251 e. The van der Waals surface area contributed by atoms with E-state index in [1.807, 2.05) is 74.5 Å². The first kappa shape index (κ1) is 18.9. The van der Waals surface area contributed by atoms with E-state index < -0.39 is 0 Å². The molecule has 0 saturated carbocycles. The van der Waals surface area contributed by atoms with Crippen LogP contribution in [0.15, 0.2) is 76.7 Å². The van der Waals surface area contributed by atoms with Gasteiger partial charge in [0.15, 0.2) is 5.16 Å². The first-order valence-corrected chi connectivity index (χ1v) is 9.70. The lowest BCUT2D eigenvalue weighted by Gasteiger charge is -2.22. The van der Waals surface area contributed by atoms with Crippen LogP contribution in [0.25, 0.3) is 0 Å². The zero-order chi connectivity index (χ0) is 19.2. The van der Waals surface area contributed by atoms with Gasteiger partial charge in [-0.3, -0.25) is 14.5 Å². The van der Waals surface area contributed by atoms with Crippen molar-refractivity contribution >= 4 is 29.0 Å². The monoisotopic (exact) mass is 379 g/mol. The Kier molecular flexibility index (Phi) is 6.08. The molecule has 0 bridgehead atoms. The molecule has 0 aliphatic carbocycles. The van der Waals surface area contributed by atoms with Crippen LogP contribution in [-0.2, 0) is 4.79 Å². The third kappa shape index (κ3) is 4.86. The number of hydrogen-bond acceptors (Lipinski definition) is 4. The number of H-pyrrole nitrogens is 1. The number of nitrogens with zero attached hydrogens (tertiary/aromatic N) is 2. The second-order valence-corrected chi connectivity index (χ2v) is 7.28. The van der Waals surface area contributed by atoms with Crippen LogP contribution in [0.2, 0.25) is 0 Å². The van der Waals surface area contributed by atoms with Crippen LogP contribution in [0.1, 0.15) is 25.5 Å². The number of amides is 1. The Morgan fingerprint density at radius 1 is 1.04 bits per heavy atom. The highest BCUT2D eigenvalue weighted by Gasteiger charge is 2.18. The van der Waals surface area contributed by atoms with E-state index >= 15 is 0 Å². The highest BCUT2D eigenvalue weighted by atomic mass is 32.2. The molecule has 0 unspecified atom stereocenters. The Morgan fingerprint density at radius 2 is 1.59 bits per heavy atom. The lowest BCUT2D eigenvalue weighted by molar-refractivity contribution is -0.115. The summed E-state index contributed by atoms with van der Waals surface area (Å²) in [6.07, 6.45) is 0. The van der Waals surface area contributed by atoms with Crippen molar-refractivity contribution < 1.29 is 4.79 Å². The first-order valence-electron chi connectivity index (χ1n) is 8.71. The number of para-hydroxylation sites is 2. The maximum absolute atomic E-state index is 13.0. The normalized spacial score (nSPS) is 10.8. The standard InChI is InChI=1S/C21H21N3O2S/c1-15(2)18-13-19(25)23-21(22-18)27-14-20(26)24(16-9-5-3-6-10-16)17-11-7-4-8-12-17/h3-13,15H,14H2,1-2H3,(H,22,23,25). The summed E-state index contributed by atoms with van der Waals surface area (Å²) in [6.45, 7) is 3.96. The molecule has 1 amide bonds. The average Bonchev–Trinajstić information content (AvgIpc) is 2.68. The molecule has 2 aromatic carbocycles. The first-order chi connectivity index (χ1) is 13.0. The number of carbonyl (C=O) groups is 1. The van der Waals surface area contributed by atoms with Crippen molar-refractivity contribution in [3.8, 4) is 0 Å². The van der Waals surface area contributed by atoms with Crippen LogP contribution < -0.4 is 10.5 Å². The van der Waals surface area contributed by atoms with E-state index in [0.29, 0.717) is 5.16 Å². The molecular formula is C21H21N3O2S. The van der Waals surface area contributed by atoms with Gasteiger partial charge in [0.2, 0.25) is 5.91 Å². The predicted molar refractivity (Wildman–Crippen MR) is 110 cm³/mol. The van der Waals surface area contributed by atoms with E-state index in [1.165, 1.54) is 17.8 Å². The summed E-state index contributed by atoms with van der Waals surface area (Å²) in [6, 6.07) is 20.5. The Morgan fingerprint density at radius 3 is 2.11 bits per heavy atom. The van der Waals surface area contributed by atoms with Gasteiger partial charge in [0, 0.05) is 17.4 Å². The Labute approximate surface area is 162 Å². The van der Waals surface area contributed by atoms with E-state index in [0.717, 1.165) is 17.1 Å². The largest absolute Gasteiger partial charge is 0.301 e. The predicted octanol–water partition coefficient (Wildman–Crippen LogP) is 4.35. The van der Waals surface area contributed by atoms with Crippen LogP contribution in [0.5, 0.6) is 0 Å². The summed E-state index contributed by atoms with van der Waals surface area (Å²) in [7, 11) is 0. The second-order valence-electron chi connectivity index (χ2n) is 6.32. The van der Waals surface area contributed by atoms with Gasteiger partial charge in [-0.25, -0.2) is 4.98 Å². The van der Waals surface area contributed by atoms with Crippen LogP contribution in [0.3, 0.4) is 0 Å². The molecule has 138 valence electrons. The van der Waals surface area contributed by atoms with E-state index in [9.17, 15) is 9.59 Å². The van der Waals surface area contributed by atoms with Gasteiger partial charge < -0.3 is 4.98 Å². The molecular weight excluding hydrogens is 358 g/mol. The molecule has 0 atom stereocenters. The van der Waals surface area contributed by atoms with E-state index in [2.05, 4.69) is 9.97 Å². The fraction of sp³-hybridized carbons (Fsp3) is 0.190. The zero-order valence-electron chi connectivity index (χ0n) is 15.3. The van der Waals surface area contributed by atoms with Crippen molar-refractivity contribution in [2.75, 3.05) is 10.7 Å². The van der Waals surface area contributed by atoms with Gasteiger partial charge in [0.05, 0.1) is 11.4 Å². The highest BCUT2D eigenvalue weighted by molar-refractivity contribution is 7.99. The molecule has 1 heterocycles. The number of rotatable bonds is 6. The lowest BCUT2D eigenvalue weighted by atomic mass is 10.1. The number of hydrogen-bond donors (Lipinski definition) is 1. The van der Waals surface area contributed by atoms with E-state index in [-0.39, 0.29) is 23.1 Å². The number of anilines is 2. The van der Waals surface area contributed by atoms with Crippen LogP contribution in [0.4, 0.5) is 11.4 Å².